The summed E-state index contributed by atoms with van der Waals surface area (Å²) in [6, 6.07) is 13.9. The number of aromatic hydroxyl groups is 1. The molecular formula is C22H21NO5. The molecule has 0 radical (unpaired) electrons. The fraction of sp³-hybridized carbons (Fsp3) is 0.182. The Morgan fingerprint density at radius 3 is 2.46 bits per heavy atom. The number of hydrogen-bond donors (Lipinski definition) is 1. The molecule has 0 fully saturated rings. The fourth-order valence-corrected chi connectivity index (χ4v) is 3.11. The van der Waals surface area contributed by atoms with Gasteiger partial charge in [-0.1, -0.05) is 24.3 Å². The van der Waals surface area contributed by atoms with E-state index < -0.39 is 5.97 Å². The molecule has 1 aliphatic heterocycles. The SMILES string of the molecule is COC(=O)C1=C(C)N(Cc2ccc(OC)cc2)C(=O)/C1=C\c1cccc(O)c1. The van der Waals surface area contributed by atoms with E-state index in [4.69, 9.17) is 9.47 Å². The number of amides is 1. The van der Waals surface area contributed by atoms with E-state index in [9.17, 15) is 14.7 Å². The number of methoxy groups -OCH3 is 2. The quantitative estimate of drug-likeness (QED) is 0.637. The molecule has 144 valence electrons. The zero-order valence-corrected chi connectivity index (χ0v) is 15.9. The molecule has 28 heavy (non-hydrogen) atoms. The van der Waals surface area contributed by atoms with E-state index in [1.807, 2.05) is 24.3 Å². The summed E-state index contributed by atoms with van der Waals surface area (Å²) in [6.07, 6.45) is 1.59. The molecule has 2 aromatic rings. The average molecular weight is 379 g/mol. The first-order valence-electron chi connectivity index (χ1n) is 8.69. The third-order valence-corrected chi connectivity index (χ3v) is 4.58. The van der Waals surface area contributed by atoms with Gasteiger partial charge in [-0.05, 0) is 48.4 Å². The molecule has 1 heterocycles. The van der Waals surface area contributed by atoms with Gasteiger partial charge in [0.25, 0.3) is 5.91 Å². The Hall–Kier alpha value is -3.54. The topological polar surface area (TPSA) is 76.1 Å². The van der Waals surface area contributed by atoms with Crippen LogP contribution in [0, 0.1) is 0 Å². The molecule has 1 aliphatic rings. The Kier molecular flexibility index (Phi) is 5.49. The van der Waals surface area contributed by atoms with Gasteiger partial charge in [0.05, 0.1) is 31.9 Å². The Bertz CT molecular complexity index is 973. The summed E-state index contributed by atoms with van der Waals surface area (Å²) in [5.41, 5.74) is 2.51. The Morgan fingerprint density at radius 2 is 1.86 bits per heavy atom. The van der Waals surface area contributed by atoms with Crippen LogP contribution >= 0.6 is 0 Å². The van der Waals surface area contributed by atoms with E-state index in [0.717, 1.165) is 11.3 Å². The second-order valence-corrected chi connectivity index (χ2v) is 6.34. The lowest BCUT2D eigenvalue weighted by atomic mass is 10.0. The molecule has 0 aliphatic carbocycles. The molecule has 0 unspecified atom stereocenters. The van der Waals surface area contributed by atoms with E-state index in [1.54, 1.807) is 37.1 Å². The molecule has 6 nitrogen and oxygen atoms in total. The van der Waals surface area contributed by atoms with Gasteiger partial charge in [-0.3, -0.25) is 4.79 Å². The number of benzene rings is 2. The summed E-state index contributed by atoms with van der Waals surface area (Å²) in [5, 5.41) is 9.68. The van der Waals surface area contributed by atoms with Crippen molar-refractivity contribution in [2.45, 2.75) is 13.5 Å². The van der Waals surface area contributed by atoms with Gasteiger partial charge in [0.15, 0.2) is 0 Å². The van der Waals surface area contributed by atoms with Crippen molar-refractivity contribution in [3.8, 4) is 11.5 Å². The third-order valence-electron chi connectivity index (χ3n) is 4.58. The predicted molar refractivity (Wildman–Crippen MR) is 104 cm³/mol. The van der Waals surface area contributed by atoms with E-state index >= 15 is 0 Å². The smallest absolute Gasteiger partial charge is 0.340 e. The van der Waals surface area contributed by atoms with Crippen LogP contribution in [0.5, 0.6) is 11.5 Å². The first kappa shape index (κ1) is 19.2. The fourth-order valence-electron chi connectivity index (χ4n) is 3.11. The van der Waals surface area contributed by atoms with Gasteiger partial charge in [-0.2, -0.15) is 0 Å². The minimum Gasteiger partial charge on any atom is -0.508 e. The van der Waals surface area contributed by atoms with Crippen molar-refractivity contribution in [1.82, 2.24) is 4.90 Å². The molecule has 3 rings (SSSR count). The van der Waals surface area contributed by atoms with Crippen molar-refractivity contribution in [3.05, 3.63) is 76.5 Å². The lowest BCUT2D eigenvalue weighted by molar-refractivity contribution is -0.136. The monoisotopic (exact) mass is 379 g/mol. The minimum absolute atomic E-state index is 0.0789. The molecule has 0 spiro atoms. The molecular weight excluding hydrogens is 358 g/mol. The second kappa shape index (κ2) is 8.00. The summed E-state index contributed by atoms with van der Waals surface area (Å²) in [4.78, 5) is 27.0. The standard InChI is InChI=1S/C22H21NO5/c1-14-20(22(26)28-3)19(12-16-5-4-6-17(24)11-16)21(25)23(14)13-15-7-9-18(27-2)10-8-15/h4-12,24H,13H2,1-3H3/b19-12-. The van der Waals surface area contributed by atoms with Gasteiger partial charge in [0.2, 0.25) is 0 Å². The molecule has 2 aromatic carbocycles. The number of rotatable bonds is 5. The number of carbonyl (C=O) groups excluding carboxylic acids is 2. The molecule has 0 saturated heterocycles. The highest BCUT2D eigenvalue weighted by Gasteiger charge is 2.36. The number of carbonyl (C=O) groups is 2. The summed E-state index contributed by atoms with van der Waals surface area (Å²) in [7, 11) is 2.87. The van der Waals surface area contributed by atoms with Gasteiger partial charge < -0.3 is 19.5 Å². The highest BCUT2D eigenvalue weighted by atomic mass is 16.5. The third kappa shape index (κ3) is 3.76. The Morgan fingerprint density at radius 1 is 1.14 bits per heavy atom. The van der Waals surface area contributed by atoms with Crippen LogP contribution in [0.2, 0.25) is 0 Å². The van der Waals surface area contributed by atoms with Crippen molar-refractivity contribution in [2.24, 2.45) is 0 Å². The second-order valence-electron chi connectivity index (χ2n) is 6.34. The van der Waals surface area contributed by atoms with Crippen LogP contribution in [0.3, 0.4) is 0 Å². The predicted octanol–water partition coefficient (Wildman–Crippen LogP) is 3.27. The average Bonchev–Trinajstić information content (AvgIpc) is 2.92. The van der Waals surface area contributed by atoms with Gasteiger partial charge >= 0.3 is 5.97 Å². The molecule has 0 bridgehead atoms. The molecule has 6 heteroatoms. The Labute approximate surface area is 163 Å². The first-order valence-corrected chi connectivity index (χ1v) is 8.69. The van der Waals surface area contributed by atoms with Crippen LogP contribution in [0.15, 0.2) is 65.4 Å². The summed E-state index contributed by atoms with van der Waals surface area (Å²) in [5.74, 6) is -0.0646. The zero-order valence-electron chi connectivity index (χ0n) is 15.9. The van der Waals surface area contributed by atoms with Crippen molar-refractivity contribution in [3.63, 3.8) is 0 Å². The van der Waals surface area contributed by atoms with Gasteiger partial charge in [0.1, 0.15) is 11.5 Å². The summed E-state index contributed by atoms with van der Waals surface area (Å²) in [6.45, 7) is 2.03. The molecule has 1 amide bonds. The summed E-state index contributed by atoms with van der Waals surface area (Å²) >= 11 is 0. The van der Waals surface area contributed by atoms with E-state index in [1.165, 1.54) is 19.2 Å². The molecule has 0 saturated carbocycles. The van der Waals surface area contributed by atoms with Crippen LogP contribution in [0.25, 0.3) is 6.08 Å². The number of hydrogen-bond acceptors (Lipinski definition) is 5. The molecule has 1 N–H and O–H groups in total. The maximum atomic E-state index is 13.1. The lowest BCUT2D eigenvalue weighted by Gasteiger charge is -2.18. The largest absolute Gasteiger partial charge is 0.508 e. The normalized spacial score (nSPS) is 15.3. The lowest BCUT2D eigenvalue weighted by Crippen LogP contribution is -2.24. The highest BCUT2D eigenvalue weighted by molar-refractivity contribution is 6.16. The molecule has 0 aromatic heterocycles. The van der Waals surface area contributed by atoms with Crippen LogP contribution < -0.4 is 4.74 Å². The number of phenolic OH excluding ortho intramolecular Hbond substituents is 1. The van der Waals surface area contributed by atoms with Crippen LogP contribution in [0.1, 0.15) is 18.1 Å². The van der Waals surface area contributed by atoms with Crippen molar-refractivity contribution in [1.29, 1.82) is 0 Å². The number of phenols is 1. The van der Waals surface area contributed by atoms with Crippen molar-refractivity contribution >= 4 is 18.0 Å². The van der Waals surface area contributed by atoms with E-state index in [-0.39, 0.29) is 22.8 Å². The van der Waals surface area contributed by atoms with Crippen molar-refractivity contribution < 1.29 is 24.2 Å². The number of nitrogens with zero attached hydrogens (tertiary/aromatic N) is 1. The van der Waals surface area contributed by atoms with E-state index in [0.29, 0.717) is 17.8 Å². The summed E-state index contributed by atoms with van der Waals surface area (Å²) < 4.78 is 10.0. The van der Waals surface area contributed by atoms with Gasteiger partial charge in [-0.25, -0.2) is 4.79 Å². The first-order chi connectivity index (χ1) is 13.4. The van der Waals surface area contributed by atoms with Crippen LogP contribution in [0.4, 0.5) is 0 Å². The number of allylic oxidation sites excluding steroid dienone is 1. The minimum atomic E-state index is -0.575. The maximum absolute atomic E-state index is 13.1. The van der Waals surface area contributed by atoms with Gasteiger partial charge in [-0.15, -0.1) is 0 Å². The van der Waals surface area contributed by atoms with Crippen molar-refractivity contribution in [2.75, 3.05) is 14.2 Å². The zero-order chi connectivity index (χ0) is 20.3. The van der Waals surface area contributed by atoms with E-state index in [2.05, 4.69) is 0 Å². The number of ether oxygens (including phenoxy) is 2. The molecule has 0 atom stereocenters. The maximum Gasteiger partial charge on any atom is 0.340 e. The number of esters is 1. The Balaban J connectivity index is 1.99. The highest BCUT2D eigenvalue weighted by Crippen LogP contribution is 2.33. The van der Waals surface area contributed by atoms with Crippen LogP contribution in [-0.2, 0) is 20.9 Å². The van der Waals surface area contributed by atoms with Crippen LogP contribution in [-0.4, -0.2) is 36.1 Å². The van der Waals surface area contributed by atoms with Gasteiger partial charge in [0, 0.05) is 5.70 Å².